The molecule has 0 aliphatic heterocycles. The number of hydrogen-bond donors (Lipinski definition) is 1. The molecular weight excluding hydrogens is 354 g/mol. The van der Waals surface area contributed by atoms with Crippen LogP contribution in [-0.4, -0.2) is 43.8 Å². The molecule has 0 radical (unpaired) electrons. The highest BCUT2D eigenvalue weighted by Gasteiger charge is 2.12. The maximum absolute atomic E-state index is 12.5. The summed E-state index contributed by atoms with van der Waals surface area (Å²) in [7, 11) is 3.12. The minimum Gasteiger partial charge on any atom is -0.497 e. The summed E-state index contributed by atoms with van der Waals surface area (Å²) in [5.74, 6) is 0.0620. The lowest BCUT2D eigenvalue weighted by atomic mass is 10.2. The molecule has 0 saturated heterocycles. The molecule has 0 aliphatic rings. The molecule has 8 heteroatoms. The van der Waals surface area contributed by atoms with E-state index in [2.05, 4.69) is 10.3 Å². The van der Waals surface area contributed by atoms with Crippen LogP contribution in [0.2, 0.25) is 0 Å². The summed E-state index contributed by atoms with van der Waals surface area (Å²) in [5.41, 5.74) is 1.35. The zero-order valence-electron chi connectivity index (χ0n) is 15.4. The van der Waals surface area contributed by atoms with E-state index in [4.69, 9.17) is 9.47 Å². The number of carbonyl (C=O) groups is 2. The number of amides is 2. The van der Waals surface area contributed by atoms with Crippen molar-refractivity contribution >= 4 is 23.2 Å². The highest BCUT2D eigenvalue weighted by Crippen LogP contribution is 2.14. The van der Waals surface area contributed by atoms with E-state index >= 15 is 0 Å². The third-order valence-corrected chi connectivity index (χ3v) is 4.93. The van der Waals surface area contributed by atoms with Gasteiger partial charge in [0, 0.05) is 29.8 Å². The topological polar surface area (TPSA) is 81.9 Å². The molecule has 0 aliphatic carbocycles. The first-order valence-electron chi connectivity index (χ1n) is 8.11. The van der Waals surface area contributed by atoms with Gasteiger partial charge in [0.25, 0.3) is 5.91 Å². The summed E-state index contributed by atoms with van der Waals surface area (Å²) in [6.07, 6.45) is 0. The van der Waals surface area contributed by atoms with Crippen molar-refractivity contribution in [2.75, 3.05) is 27.4 Å². The molecule has 1 heterocycles. The molecule has 0 unspecified atom stereocenters. The Labute approximate surface area is 156 Å². The first-order chi connectivity index (χ1) is 12.5. The van der Waals surface area contributed by atoms with Gasteiger partial charge in [-0.05, 0) is 32.0 Å². The molecule has 1 N–H and O–H groups in total. The smallest absolute Gasteiger partial charge is 0.279 e. The van der Waals surface area contributed by atoms with Crippen molar-refractivity contribution in [3.8, 4) is 5.75 Å². The van der Waals surface area contributed by atoms with Gasteiger partial charge in [0.1, 0.15) is 12.3 Å². The van der Waals surface area contributed by atoms with E-state index in [1.807, 2.05) is 13.8 Å². The SMILES string of the molecule is COCCNC(=O)Cn1c(C)c(C)sc1=NC(=O)c1cccc(OC)c1. The van der Waals surface area contributed by atoms with Crippen molar-refractivity contribution < 1.29 is 19.1 Å². The Bertz CT molecular complexity index is 854. The van der Waals surface area contributed by atoms with Crippen LogP contribution in [0.4, 0.5) is 0 Å². The summed E-state index contributed by atoms with van der Waals surface area (Å²) in [6, 6.07) is 6.83. The maximum atomic E-state index is 12.5. The van der Waals surface area contributed by atoms with Gasteiger partial charge in [-0.15, -0.1) is 11.3 Å². The van der Waals surface area contributed by atoms with Crippen LogP contribution in [0.15, 0.2) is 29.3 Å². The minimum atomic E-state index is -0.376. The second kappa shape index (κ2) is 9.30. The second-order valence-corrected chi connectivity index (χ2v) is 6.79. The van der Waals surface area contributed by atoms with E-state index in [1.54, 1.807) is 43.1 Å². The van der Waals surface area contributed by atoms with Gasteiger partial charge in [-0.25, -0.2) is 0 Å². The van der Waals surface area contributed by atoms with Crippen molar-refractivity contribution in [3.05, 3.63) is 45.2 Å². The largest absolute Gasteiger partial charge is 0.497 e. The van der Waals surface area contributed by atoms with Crippen LogP contribution in [0.5, 0.6) is 5.75 Å². The fourth-order valence-corrected chi connectivity index (χ4v) is 3.24. The van der Waals surface area contributed by atoms with Crippen LogP contribution in [0, 0.1) is 13.8 Å². The lowest BCUT2D eigenvalue weighted by molar-refractivity contribution is -0.121. The number of hydrogen-bond acceptors (Lipinski definition) is 5. The summed E-state index contributed by atoms with van der Waals surface area (Å²) < 4.78 is 11.8. The number of thiazole rings is 1. The van der Waals surface area contributed by atoms with E-state index < -0.39 is 0 Å². The number of methoxy groups -OCH3 is 2. The monoisotopic (exact) mass is 377 g/mol. The Kier molecular flexibility index (Phi) is 7.11. The zero-order valence-corrected chi connectivity index (χ0v) is 16.2. The van der Waals surface area contributed by atoms with E-state index in [9.17, 15) is 9.59 Å². The molecule has 7 nitrogen and oxygen atoms in total. The predicted molar refractivity (Wildman–Crippen MR) is 99.6 cm³/mol. The highest BCUT2D eigenvalue weighted by molar-refractivity contribution is 7.09. The summed E-state index contributed by atoms with van der Waals surface area (Å²) in [5, 5.41) is 2.77. The Hall–Kier alpha value is -2.45. The molecule has 0 fully saturated rings. The summed E-state index contributed by atoms with van der Waals surface area (Å²) in [4.78, 5) is 30.3. The Morgan fingerprint density at radius 1 is 1.27 bits per heavy atom. The van der Waals surface area contributed by atoms with Crippen molar-refractivity contribution in [2.24, 2.45) is 4.99 Å². The van der Waals surface area contributed by atoms with Crippen molar-refractivity contribution in [3.63, 3.8) is 0 Å². The van der Waals surface area contributed by atoms with E-state index in [1.165, 1.54) is 11.3 Å². The van der Waals surface area contributed by atoms with Crippen LogP contribution >= 0.6 is 11.3 Å². The molecular formula is C18H23N3O4S. The fraction of sp³-hybridized carbons (Fsp3) is 0.389. The average molecular weight is 377 g/mol. The lowest BCUT2D eigenvalue weighted by Crippen LogP contribution is -2.33. The summed E-state index contributed by atoms with van der Waals surface area (Å²) in [6.45, 7) is 4.83. The standard InChI is InChI=1S/C18H23N3O4S/c1-12-13(2)26-18(21(12)11-16(22)19-8-9-24-3)20-17(23)14-6-5-7-15(10-14)25-4/h5-7,10H,8-9,11H2,1-4H3,(H,19,22). The van der Waals surface area contributed by atoms with Gasteiger partial charge in [-0.3, -0.25) is 9.59 Å². The first-order valence-corrected chi connectivity index (χ1v) is 8.93. The Balaban J connectivity index is 2.28. The van der Waals surface area contributed by atoms with Crippen molar-refractivity contribution in [1.82, 2.24) is 9.88 Å². The number of benzene rings is 1. The average Bonchev–Trinajstić information content (AvgIpc) is 2.89. The molecule has 0 spiro atoms. The molecule has 0 atom stereocenters. The molecule has 0 saturated carbocycles. The number of aryl methyl sites for hydroxylation is 1. The van der Waals surface area contributed by atoms with Gasteiger partial charge in [0.05, 0.1) is 13.7 Å². The molecule has 2 rings (SSSR count). The normalized spacial score (nSPS) is 11.5. The van der Waals surface area contributed by atoms with Gasteiger partial charge >= 0.3 is 0 Å². The van der Waals surface area contributed by atoms with Crippen LogP contribution < -0.4 is 14.9 Å². The zero-order chi connectivity index (χ0) is 19.1. The van der Waals surface area contributed by atoms with Crippen LogP contribution in [0.1, 0.15) is 20.9 Å². The summed E-state index contributed by atoms with van der Waals surface area (Å²) >= 11 is 1.38. The molecule has 140 valence electrons. The number of nitrogens with one attached hydrogen (secondary N) is 1. The number of rotatable bonds is 7. The number of nitrogens with zero attached hydrogens (tertiary/aromatic N) is 2. The van der Waals surface area contributed by atoms with Gasteiger partial charge in [-0.1, -0.05) is 6.07 Å². The molecule has 0 bridgehead atoms. The molecule has 1 aromatic heterocycles. The van der Waals surface area contributed by atoms with Gasteiger partial charge in [-0.2, -0.15) is 4.99 Å². The molecule has 2 amide bonds. The third-order valence-electron chi connectivity index (χ3n) is 3.83. The second-order valence-electron chi connectivity index (χ2n) is 5.60. The van der Waals surface area contributed by atoms with Gasteiger partial charge in [0.2, 0.25) is 5.91 Å². The Morgan fingerprint density at radius 2 is 2.04 bits per heavy atom. The number of carbonyl (C=O) groups excluding carboxylic acids is 2. The predicted octanol–water partition coefficient (Wildman–Crippen LogP) is 1.68. The first kappa shape index (κ1) is 19.9. The Morgan fingerprint density at radius 3 is 2.73 bits per heavy atom. The maximum Gasteiger partial charge on any atom is 0.279 e. The van der Waals surface area contributed by atoms with Crippen LogP contribution in [0.3, 0.4) is 0 Å². The van der Waals surface area contributed by atoms with Crippen molar-refractivity contribution in [1.29, 1.82) is 0 Å². The minimum absolute atomic E-state index is 0.101. The van der Waals surface area contributed by atoms with Crippen molar-refractivity contribution in [2.45, 2.75) is 20.4 Å². The third kappa shape index (κ3) is 5.03. The van der Waals surface area contributed by atoms with Crippen LogP contribution in [-0.2, 0) is 16.1 Å². The number of ether oxygens (including phenoxy) is 2. The van der Waals surface area contributed by atoms with E-state index in [0.717, 1.165) is 10.6 Å². The lowest BCUT2D eigenvalue weighted by Gasteiger charge is -2.07. The van der Waals surface area contributed by atoms with E-state index in [-0.39, 0.29) is 18.4 Å². The van der Waals surface area contributed by atoms with Gasteiger partial charge in [0.15, 0.2) is 4.80 Å². The molecule has 1 aromatic carbocycles. The van der Waals surface area contributed by atoms with Crippen LogP contribution in [0.25, 0.3) is 0 Å². The molecule has 26 heavy (non-hydrogen) atoms. The quantitative estimate of drug-likeness (QED) is 0.745. The highest BCUT2D eigenvalue weighted by atomic mass is 32.1. The fourth-order valence-electron chi connectivity index (χ4n) is 2.27. The van der Waals surface area contributed by atoms with E-state index in [0.29, 0.717) is 29.3 Å². The molecule has 2 aromatic rings. The van der Waals surface area contributed by atoms with Gasteiger partial charge < -0.3 is 19.4 Å². The number of aromatic nitrogens is 1.